The van der Waals surface area contributed by atoms with Gasteiger partial charge in [0.25, 0.3) is 5.91 Å². The maximum absolute atomic E-state index is 13.1. The number of hydrogen-bond acceptors (Lipinski definition) is 7. The highest BCUT2D eigenvalue weighted by Gasteiger charge is 2.32. The summed E-state index contributed by atoms with van der Waals surface area (Å²) in [6, 6.07) is 7.27. The molecule has 9 heteroatoms. The minimum atomic E-state index is -0.0771. The Morgan fingerprint density at radius 1 is 1.37 bits per heavy atom. The van der Waals surface area contributed by atoms with E-state index in [9.17, 15) is 9.59 Å². The number of piperidine rings is 1. The molecule has 1 aromatic carbocycles. The molecular formula is C18H23N7O2. The molecule has 0 unspecified atom stereocenters. The third-order valence-electron chi connectivity index (χ3n) is 4.45. The van der Waals surface area contributed by atoms with Crippen molar-refractivity contribution in [3.8, 4) is 0 Å². The fourth-order valence-corrected chi connectivity index (χ4v) is 3.08. The molecule has 2 heterocycles. The second-order valence-corrected chi connectivity index (χ2v) is 6.06. The lowest BCUT2D eigenvalue weighted by atomic mass is 9.98. The first-order chi connectivity index (χ1) is 13.1. The van der Waals surface area contributed by atoms with Gasteiger partial charge in [-0.25, -0.2) is 0 Å². The summed E-state index contributed by atoms with van der Waals surface area (Å²) >= 11 is 0. The fraction of sp³-hybridized carbons (Fsp3) is 0.333. The summed E-state index contributed by atoms with van der Waals surface area (Å²) in [5.74, 6) is -0.0771. The molecule has 1 aliphatic rings. The van der Waals surface area contributed by atoms with Crippen molar-refractivity contribution in [2.75, 3.05) is 12.0 Å². The van der Waals surface area contributed by atoms with Crippen molar-refractivity contribution in [2.45, 2.75) is 31.8 Å². The predicted molar refractivity (Wildman–Crippen MR) is 104 cm³/mol. The van der Waals surface area contributed by atoms with Gasteiger partial charge in [0.2, 0.25) is 0 Å². The molecule has 0 saturated carbocycles. The van der Waals surface area contributed by atoms with Gasteiger partial charge < -0.3 is 10.3 Å². The van der Waals surface area contributed by atoms with Gasteiger partial charge in [-0.3, -0.25) is 15.0 Å². The number of nitrogens with one attached hydrogen (secondary N) is 2. The molecule has 0 bridgehead atoms. The average molecular weight is 369 g/mol. The van der Waals surface area contributed by atoms with Crippen LogP contribution in [0.15, 0.2) is 35.6 Å². The number of carbonyl (C=O) groups is 2. The highest BCUT2D eigenvalue weighted by atomic mass is 16.2. The van der Waals surface area contributed by atoms with Crippen molar-refractivity contribution >= 4 is 31.3 Å². The van der Waals surface area contributed by atoms with Crippen LogP contribution in [-0.4, -0.2) is 58.1 Å². The number of nitrogens with zero attached hydrogens (tertiary/aromatic N) is 5. The van der Waals surface area contributed by atoms with Crippen LogP contribution in [-0.2, 0) is 0 Å². The normalized spacial score (nSPS) is 18.8. The molecule has 3 rings (SSSR count). The number of benzene rings is 1. The maximum atomic E-state index is 13.1. The zero-order chi connectivity index (χ0) is 19.8. The molecule has 1 fully saturated rings. The SMILES string of the molecule is C=N.C=NNc1ccccc1C(=O)N1C[C@H](n2ncc(C=O)n2)CC[C@H]1C. The Balaban J connectivity index is 0.00000126. The monoisotopic (exact) mass is 369 g/mol. The lowest BCUT2D eigenvalue weighted by Gasteiger charge is -2.37. The number of aldehydes is 1. The second-order valence-electron chi connectivity index (χ2n) is 6.06. The number of hydrazone groups is 1. The summed E-state index contributed by atoms with van der Waals surface area (Å²) in [6.07, 6.45) is 3.80. The molecule has 1 saturated heterocycles. The van der Waals surface area contributed by atoms with E-state index in [0.717, 1.165) is 12.8 Å². The van der Waals surface area contributed by atoms with Crippen LogP contribution in [0.25, 0.3) is 0 Å². The van der Waals surface area contributed by atoms with Crippen LogP contribution in [0, 0.1) is 5.41 Å². The Morgan fingerprint density at radius 2 is 2.11 bits per heavy atom. The van der Waals surface area contributed by atoms with Gasteiger partial charge in [-0.1, -0.05) is 12.1 Å². The highest BCUT2D eigenvalue weighted by Crippen LogP contribution is 2.28. The van der Waals surface area contributed by atoms with Gasteiger partial charge in [-0.2, -0.15) is 20.1 Å². The first kappa shape index (κ1) is 20.0. The van der Waals surface area contributed by atoms with Crippen molar-refractivity contribution in [3.63, 3.8) is 0 Å². The Bertz CT molecular complexity index is 805. The Morgan fingerprint density at radius 3 is 2.78 bits per heavy atom. The zero-order valence-electron chi connectivity index (χ0n) is 15.2. The number of anilines is 1. The highest BCUT2D eigenvalue weighted by molar-refractivity contribution is 5.99. The van der Waals surface area contributed by atoms with Crippen LogP contribution < -0.4 is 5.43 Å². The summed E-state index contributed by atoms with van der Waals surface area (Å²) in [5.41, 5.74) is 4.23. The molecule has 0 spiro atoms. The van der Waals surface area contributed by atoms with E-state index in [1.54, 1.807) is 12.1 Å². The topological polar surface area (TPSA) is 116 Å². The lowest BCUT2D eigenvalue weighted by Crippen LogP contribution is -2.46. The van der Waals surface area contributed by atoms with Crippen molar-refractivity contribution in [3.05, 3.63) is 41.7 Å². The predicted octanol–water partition coefficient (Wildman–Crippen LogP) is 2.25. The van der Waals surface area contributed by atoms with E-state index in [1.165, 1.54) is 11.0 Å². The molecule has 1 amide bonds. The molecule has 2 N–H and O–H groups in total. The van der Waals surface area contributed by atoms with E-state index >= 15 is 0 Å². The molecular weight excluding hydrogens is 346 g/mol. The number of rotatable bonds is 5. The van der Waals surface area contributed by atoms with Gasteiger partial charge in [0, 0.05) is 19.3 Å². The van der Waals surface area contributed by atoms with Gasteiger partial charge in [0.15, 0.2) is 6.29 Å². The van der Waals surface area contributed by atoms with Crippen LogP contribution in [0.1, 0.15) is 46.7 Å². The molecule has 9 nitrogen and oxygen atoms in total. The Kier molecular flexibility index (Phi) is 6.93. The molecule has 0 aliphatic carbocycles. The maximum Gasteiger partial charge on any atom is 0.256 e. The van der Waals surface area contributed by atoms with E-state index in [1.807, 2.05) is 24.0 Å². The van der Waals surface area contributed by atoms with Crippen LogP contribution in [0.3, 0.4) is 0 Å². The summed E-state index contributed by atoms with van der Waals surface area (Å²) in [7, 11) is 0. The van der Waals surface area contributed by atoms with Gasteiger partial charge in [0.05, 0.1) is 23.5 Å². The van der Waals surface area contributed by atoms with E-state index in [4.69, 9.17) is 5.41 Å². The molecule has 0 radical (unpaired) electrons. The number of amides is 1. The number of carbonyl (C=O) groups excluding carboxylic acids is 2. The number of para-hydroxylation sites is 1. The summed E-state index contributed by atoms with van der Waals surface area (Å²) in [6.45, 7) is 8.43. The summed E-state index contributed by atoms with van der Waals surface area (Å²) < 4.78 is 0. The van der Waals surface area contributed by atoms with E-state index < -0.39 is 0 Å². The van der Waals surface area contributed by atoms with Gasteiger partial charge >= 0.3 is 0 Å². The summed E-state index contributed by atoms with van der Waals surface area (Å²) in [4.78, 5) is 27.2. The van der Waals surface area contributed by atoms with Crippen molar-refractivity contribution in [1.29, 1.82) is 5.41 Å². The van der Waals surface area contributed by atoms with Crippen molar-refractivity contribution < 1.29 is 9.59 Å². The second kappa shape index (κ2) is 9.37. The number of aromatic nitrogens is 3. The van der Waals surface area contributed by atoms with Crippen LogP contribution in [0.4, 0.5) is 5.69 Å². The number of hydrogen-bond donors (Lipinski definition) is 2. The van der Waals surface area contributed by atoms with Gasteiger partial charge in [-0.15, -0.1) is 0 Å². The largest absolute Gasteiger partial charge is 0.334 e. The first-order valence-electron chi connectivity index (χ1n) is 8.48. The first-order valence-corrected chi connectivity index (χ1v) is 8.48. The van der Waals surface area contributed by atoms with Crippen LogP contribution in [0.2, 0.25) is 0 Å². The molecule has 1 aromatic heterocycles. The van der Waals surface area contributed by atoms with Crippen LogP contribution >= 0.6 is 0 Å². The molecule has 27 heavy (non-hydrogen) atoms. The third-order valence-corrected chi connectivity index (χ3v) is 4.45. The molecule has 2 atom stereocenters. The van der Waals surface area contributed by atoms with E-state index in [0.29, 0.717) is 29.8 Å². The van der Waals surface area contributed by atoms with Gasteiger partial charge in [-0.05, 0) is 38.6 Å². The van der Waals surface area contributed by atoms with Crippen molar-refractivity contribution in [1.82, 2.24) is 19.9 Å². The Labute approximate surface area is 157 Å². The van der Waals surface area contributed by atoms with Crippen LogP contribution in [0.5, 0.6) is 0 Å². The zero-order valence-corrected chi connectivity index (χ0v) is 15.2. The standard InChI is InChI=1S/C17H20N6O2.CH3N/c1-12-7-8-14(23-19-9-13(11-24)21-23)10-22(12)17(25)15-5-3-4-6-16(15)20-18-2;1-2/h3-6,9,11-12,14,20H,2,7-8,10H2,1H3;2H,1H2/t12-,14-;/m1./s1. The minimum Gasteiger partial charge on any atom is -0.334 e. The average Bonchev–Trinajstić information content (AvgIpc) is 3.19. The van der Waals surface area contributed by atoms with E-state index in [2.05, 4.69) is 34.2 Å². The quantitative estimate of drug-likeness (QED) is 0.476. The lowest BCUT2D eigenvalue weighted by molar-refractivity contribution is 0.0547. The van der Waals surface area contributed by atoms with Crippen molar-refractivity contribution in [2.24, 2.45) is 5.10 Å². The fourth-order valence-electron chi connectivity index (χ4n) is 3.08. The number of likely N-dealkylation sites (tertiary alicyclic amines) is 1. The Hall–Kier alpha value is -3.36. The molecule has 1 aliphatic heterocycles. The molecule has 2 aromatic rings. The van der Waals surface area contributed by atoms with Gasteiger partial charge in [0.1, 0.15) is 5.69 Å². The summed E-state index contributed by atoms with van der Waals surface area (Å²) in [5, 5.41) is 17.5. The third kappa shape index (κ3) is 4.43. The minimum absolute atomic E-state index is 0.0495. The van der Waals surface area contributed by atoms with E-state index in [-0.39, 0.29) is 18.0 Å². The smallest absolute Gasteiger partial charge is 0.256 e. The molecule has 142 valence electrons.